The van der Waals surface area contributed by atoms with E-state index in [2.05, 4.69) is 22.2 Å². The van der Waals surface area contributed by atoms with E-state index in [0.717, 1.165) is 30.8 Å². The Labute approximate surface area is 101 Å². The minimum absolute atomic E-state index is 0.162. The Morgan fingerprint density at radius 3 is 3.00 bits per heavy atom. The fraction of sp³-hybridized carbons (Fsp3) is 0.385. The molecule has 4 heteroatoms. The van der Waals surface area contributed by atoms with Gasteiger partial charge in [-0.15, -0.1) is 0 Å². The molecule has 17 heavy (non-hydrogen) atoms. The van der Waals surface area contributed by atoms with Crippen molar-refractivity contribution >= 4 is 0 Å². The van der Waals surface area contributed by atoms with Gasteiger partial charge in [0.1, 0.15) is 5.76 Å². The van der Waals surface area contributed by atoms with E-state index in [1.807, 2.05) is 12.1 Å². The Balaban J connectivity index is 2.08. The number of aromatic nitrogens is 2. The van der Waals surface area contributed by atoms with Gasteiger partial charge in [-0.3, -0.25) is 9.97 Å². The first-order valence-electron chi connectivity index (χ1n) is 5.92. The van der Waals surface area contributed by atoms with Crippen LogP contribution in [0.4, 0.5) is 0 Å². The van der Waals surface area contributed by atoms with Gasteiger partial charge in [0.2, 0.25) is 0 Å². The second kappa shape index (κ2) is 6.15. The summed E-state index contributed by atoms with van der Waals surface area (Å²) in [4.78, 5) is 8.46. The van der Waals surface area contributed by atoms with E-state index >= 15 is 0 Å². The van der Waals surface area contributed by atoms with Crippen LogP contribution >= 0.6 is 0 Å². The molecule has 2 heterocycles. The van der Waals surface area contributed by atoms with Crippen molar-refractivity contribution in [3.63, 3.8) is 0 Å². The highest BCUT2D eigenvalue weighted by Gasteiger charge is 2.14. The van der Waals surface area contributed by atoms with Crippen molar-refractivity contribution in [2.75, 3.05) is 6.54 Å². The van der Waals surface area contributed by atoms with Gasteiger partial charge >= 0.3 is 0 Å². The second-order valence-electron chi connectivity index (χ2n) is 3.92. The number of nitrogens with one attached hydrogen (secondary N) is 1. The van der Waals surface area contributed by atoms with E-state index in [1.54, 1.807) is 24.9 Å². The summed E-state index contributed by atoms with van der Waals surface area (Å²) < 4.78 is 5.38. The maximum Gasteiger partial charge on any atom is 0.105 e. The van der Waals surface area contributed by atoms with Crippen LogP contribution in [0.3, 0.4) is 0 Å². The summed E-state index contributed by atoms with van der Waals surface area (Å²) in [5.41, 5.74) is 0.956. The molecular weight excluding hydrogens is 214 g/mol. The Hall–Kier alpha value is -1.68. The average Bonchev–Trinajstić information content (AvgIpc) is 2.88. The van der Waals surface area contributed by atoms with Crippen LogP contribution in [-0.2, 0) is 6.42 Å². The van der Waals surface area contributed by atoms with Crippen molar-refractivity contribution in [2.45, 2.75) is 25.8 Å². The maximum absolute atomic E-state index is 5.38. The zero-order valence-corrected chi connectivity index (χ0v) is 9.97. The molecule has 0 aromatic carbocycles. The summed E-state index contributed by atoms with van der Waals surface area (Å²) in [5, 5.41) is 3.46. The van der Waals surface area contributed by atoms with Crippen molar-refractivity contribution in [2.24, 2.45) is 0 Å². The molecule has 2 rings (SSSR count). The molecule has 4 nitrogen and oxygen atoms in total. The topological polar surface area (TPSA) is 51.0 Å². The normalized spacial score (nSPS) is 12.5. The molecule has 0 bridgehead atoms. The van der Waals surface area contributed by atoms with E-state index in [1.165, 1.54) is 0 Å². The minimum atomic E-state index is 0.162. The van der Waals surface area contributed by atoms with Gasteiger partial charge in [-0.2, -0.15) is 0 Å². The van der Waals surface area contributed by atoms with E-state index in [4.69, 9.17) is 4.42 Å². The van der Waals surface area contributed by atoms with Crippen LogP contribution in [-0.4, -0.2) is 16.5 Å². The second-order valence-corrected chi connectivity index (χ2v) is 3.92. The number of nitrogens with zero attached hydrogens (tertiary/aromatic N) is 2. The van der Waals surface area contributed by atoms with Crippen molar-refractivity contribution in [3.8, 4) is 0 Å². The summed E-state index contributed by atoms with van der Waals surface area (Å²) >= 11 is 0. The molecule has 2 aromatic rings. The predicted molar refractivity (Wildman–Crippen MR) is 65.5 cm³/mol. The quantitative estimate of drug-likeness (QED) is 0.829. The number of rotatable bonds is 6. The molecule has 0 aliphatic rings. The van der Waals surface area contributed by atoms with Gasteiger partial charge in [-0.25, -0.2) is 0 Å². The third-order valence-electron chi connectivity index (χ3n) is 2.57. The lowest BCUT2D eigenvalue weighted by atomic mass is 10.1. The fourth-order valence-electron chi connectivity index (χ4n) is 1.72. The van der Waals surface area contributed by atoms with Crippen molar-refractivity contribution in [1.82, 2.24) is 15.3 Å². The average molecular weight is 231 g/mol. The molecule has 0 saturated carbocycles. The van der Waals surface area contributed by atoms with Gasteiger partial charge in [0.25, 0.3) is 0 Å². The Bertz CT molecular complexity index is 413. The monoisotopic (exact) mass is 231 g/mol. The molecule has 1 atom stereocenters. The van der Waals surface area contributed by atoms with Gasteiger partial charge in [0.05, 0.1) is 18.0 Å². The lowest BCUT2D eigenvalue weighted by Gasteiger charge is -2.16. The van der Waals surface area contributed by atoms with Crippen LogP contribution in [0.15, 0.2) is 41.4 Å². The summed E-state index contributed by atoms with van der Waals surface area (Å²) in [6.07, 6.45) is 8.80. The third-order valence-corrected chi connectivity index (χ3v) is 2.57. The highest BCUT2D eigenvalue weighted by atomic mass is 16.3. The van der Waals surface area contributed by atoms with E-state index in [-0.39, 0.29) is 6.04 Å². The van der Waals surface area contributed by atoms with Crippen LogP contribution in [0.5, 0.6) is 0 Å². The first kappa shape index (κ1) is 11.8. The maximum atomic E-state index is 5.38. The standard InChI is InChI=1S/C13H17N3O/c1-2-5-15-12(9-11-4-3-8-17-11)13-10-14-6-7-16-13/h3-4,6-8,10,12,15H,2,5,9H2,1H3. The zero-order chi connectivity index (χ0) is 11.9. The molecule has 1 unspecified atom stereocenters. The van der Waals surface area contributed by atoms with E-state index in [9.17, 15) is 0 Å². The number of hydrogen-bond donors (Lipinski definition) is 1. The molecule has 0 amide bonds. The van der Waals surface area contributed by atoms with Crippen molar-refractivity contribution < 1.29 is 4.42 Å². The molecule has 0 radical (unpaired) electrons. The third kappa shape index (κ3) is 3.39. The molecule has 2 aromatic heterocycles. The lowest BCUT2D eigenvalue weighted by Crippen LogP contribution is -2.24. The van der Waals surface area contributed by atoms with Crippen molar-refractivity contribution in [1.29, 1.82) is 0 Å². The molecule has 0 spiro atoms. The molecule has 0 aliphatic heterocycles. The van der Waals surface area contributed by atoms with E-state index < -0.39 is 0 Å². The molecule has 0 fully saturated rings. The van der Waals surface area contributed by atoms with Gasteiger partial charge < -0.3 is 9.73 Å². The van der Waals surface area contributed by atoms with Gasteiger partial charge in [0, 0.05) is 25.0 Å². The molecule has 90 valence electrons. The summed E-state index contributed by atoms with van der Waals surface area (Å²) in [6.45, 7) is 3.11. The van der Waals surface area contributed by atoms with Crippen LogP contribution in [0.2, 0.25) is 0 Å². The Kier molecular flexibility index (Phi) is 4.27. The summed E-state index contributed by atoms with van der Waals surface area (Å²) in [6, 6.07) is 4.05. The SMILES string of the molecule is CCCNC(Cc1ccco1)c1cnccn1. The molecule has 0 aliphatic carbocycles. The predicted octanol–water partition coefficient (Wildman–Crippen LogP) is 2.35. The van der Waals surface area contributed by atoms with Crippen LogP contribution in [0.25, 0.3) is 0 Å². The first-order chi connectivity index (χ1) is 8.40. The van der Waals surface area contributed by atoms with Crippen LogP contribution < -0.4 is 5.32 Å². The number of hydrogen-bond acceptors (Lipinski definition) is 4. The zero-order valence-electron chi connectivity index (χ0n) is 9.97. The Morgan fingerprint density at radius 2 is 2.35 bits per heavy atom. The molecule has 1 N–H and O–H groups in total. The molecular formula is C13H17N3O. The highest BCUT2D eigenvalue weighted by Crippen LogP contribution is 2.16. The van der Waals surface area contributed by atoms with Crippen LogP contribution in [0.1, 0.15) is 30.8 Å². The summed E-state index contributed by atoms with van der Waals surface area (Å²) in [5.74, 6) is 0.962. The van der Waals surface area contributed by atoms with E-state index in [0.29, 0.717) is 0 Å². The first-order valence-corrected chi connectivity index (χ1v) is 5.92. The van der Waals surface area contributed by atoms with Gasteiger partial charge in [-0.05, 0) is 25.1 Å². The van der Waals surface area contributed by atoms with Crippen LogP contribution in [0, 0.1) is 0 Å². The number of furan rings is 1. The largest absolute Gasteiger partial charge is 0.469 e. The van der Waals surface area contributed by atoms with Gasteiger partial charge in [0.15, 0.2) is 0 Å². The summed E-state index contributed by atoms with van der Waals surface area (Å²) in [7, 11) is 0. The van der Waals surface area contributed by atoms with Crippen molar-refractivity contribution in [3.05, 3.63) is 48.4 Å². The smallest absolute Gasteiger partial charge is 0.105 e. The van der Waals surface area contributed by atoms with Gasteiger partial charge in [-0.1, -0.05) is 6.92 Å². The highest BCUT2D eigenvalue weighted by molar-refractivity contribution is 5.08. The molecule has 0 saturated heterocycles. The lowest BCUT2D eigenvalue weighted by molar-refractivity contribution is 0.443. The Morgan fingerprint density at radius 1 is 1.41 bits per heavy atom. The minimum Gasteiger partial charge on any atom is -0.469 e. The fourth-order valence-corrected chi connectivity index (χ4v) is 1.72.